The highest BCUT2D eigenvalue weighted by molar-refractivity contribution is 6.01. The predicted octanol–water partition coefficient (Wildman–Crippen LogP) is 0.450. The van der Waals surface area contributed by atoms with Crippen LogP contribution in [0.15, 0.2) is 11.1 Å². The van der Waals surface area contributed by atoms with Crippen LogP contribution < -0.4 is 0 Å². The lowest BCUT2D eigenvalue weighted by atomic mass is 9.11. The zero-order chi connectivity index (χ0) is 10.9. The first-order chi connectivity index (χ1) is 7.64. The van der Waals surface area contributed by atoms with Crippen LogP contribution in [-0.4, -0.2) is 22.2 Å². The lowest BCUT2D eigenvalue weighted by molar-refractivity contribution is -0.430. The number of hydrogen-bond donors (Lipinski definition) is 2. The summed E-state index contributed by atoms with van der Waals surface area (Å²) in [5.74, 6) is 1.94. The van der Waals surface area contributed by atoms with E-state index in [4.69, 9.17) is 0 Å². The molecule has 4 fully saturated rings. The molecule has 6 aliphatic carbocycles. The summed E-state index contributed by atoms with van der Waals surface area (Å²) < 4.78 is 0. The third kappa shape index (κ3) is 0.440. The highest BCUT2D eigenvalue weighted by Crippen LogP contribution is 2.92. The third-order valence-corrected chi connectivity index (χ3v) is 6.19. The van der Waals surface area contributed by atoms with Crippen molar-refractivity contribution in [2.24, 2.45) is 47.3 Å². The van der Waals surface area contributed by atoms with Crippen molar-refractivity contribution < 1.29 is 19.8 Å². The van der Waals surface area contributed by atoms with E-state index in [1.54, 1.807) is 0 Å². The molecule has 0 radical (unpaired) electrons. The Balaban J connectivity index is 1.76. The SMILES string of the molecule is O=C(O)C1=C(C(=O)O)C2[C@H]3C4C5[C@H]3C1[C@H]5[C@@H]24. The van der Waals surface area contributed by atoms with Crippen LogP contribution in [-0.2, 0) is 9.59 Å². The van der Waals surface area contributed by atoms with Gasteiger partial charge in [-0.15, -0.1) is 0 Å². The van der Waals surface area contributed by atoms with Crippen molar-refractivity contribution in [2.45, 2.75) is 0 Å². The lowest BCUT2D eigenvalue weighted by Gasteiger charge is -2.92. The van der Waals surface area contributed by atoms with Gasteiger partial charge in [-0.05, 0) is 47.3 Å². The van der Waals surface area contributed by atoms with E-state index < -0.39 is 11.9 Å². The van der Waals surface area contributed by atoms with Crippen molar-refractivity contribution in [2.75, 3.05) is 0 Å². The predicted molar refractivity (Wildman–Crippen MR) is 50.2 cm³/mol. The van der Waals surface area contributed by atoms with Gasteiger partial charge in [0.1, 0.15) is 0 Å². The van der Waals surface area contributed by atoms with Gasteiger partial charge in [-0.25, -0.2) is 9.59 Å². The van der Waals surface area contributed by atoms with E-state index in [9.17, 15) is 19.8 Å². The minimum Gasteiger partial charge on any atom is -0.478 e. The molecule has 82 valence electrons. The average molecular weight is 218 g/mol. The van der Waals surface area contributed by atoms with Gasteiger partial charge >= 0.3 is 11.9 Å². The number of hydrogen-bond acceptors (Lipinski definition) is 2. The molecule has 16 heavy (non-hydrogen) atoms. The summed E-state index contributed by atoms with van der Waals surface area (Å²) >= 11 is 0. The Labute approximate surface area is 90.9 Å². The summed E-state index contributed by atoms with van der Waals surface area (Å²) in [6, 6.07) is 0. The molecule has 2 bridgehead atoms. The maximum Gasteiger partial charge on any atom is 0.332 e. The van der Waals surface area contributed by atoms with E-state index in [2.05, 4.69) is 0 Å². The minimum absolute atomic E-state index is 0.0959. The summed E-state index contributed by atoms with van der Waals surface area (Å²) in [5, 5.41) is 18.4. The van der Waals surface area contributed by atoms with Crippen LogP contribution in [0.2, 0.25) is 0 Å². The van der Waals surface area contributed by atoms with Crippen LogP contribution in [0, 0.1) is 47.3 Å². The van der Waals surface area contributed by atoms with Gasteiger partial charge in [-0.2, -0.15) is 0 Å². The second-order valence-electron chi connectivity index (χ2n) is 5.95. The summed E-state index contributed by atoms with van der Waals surface area (Å²) in [5.41, 5.74) is 0.517. The van der Waals surface area contributed by atoms with Gasteiger partial charge < -0.3 is 10.2 Å². The highest BCUT2D eigenvalue weighted by atomic mass is 16.4. The molecule has 4 heteroatoms. The Morgan fingerprint density at radius 3 is 1.25 bits per heavy atom. The Morgan fingerprint density at radius 1 is 0.688 bits per heavy atom. The van der Waals surface area contributed by atoms with Crippen LogP contribution in [0.5, 0.6) is 0 Å². The van der Waals surface area contributed by atoms with Crippen LogP contribution in [0.3, 0.4) is 0 Å². The van der Waals surface area contributed by atoms with Gasteiger partial charge in [0.2, 0.25) is 0 Å². The molecular formula is C12H10O4. The number of carbonyl (C=O) groups is 2. The van der Waals surface area contributed by atoms with E-state index in [1.165, 1.54) is 0 Å². The average Bonchev–Trinajstić information content (AvgIpc) is 2.15. The fourth-order valence-corrected chi connectivity index (χ4v) is 6.06. The third-order valence-electron chi connectivity index (χ3n) is 6.19. The van der Waals surface area contributed by atoms with Crippen molar-refractivity contribution in [3.05, 3.63) is 11.1 Å². The Bertz CT molecular complexity index is 453. The maximum absolute atomic E-state index is 11.2. The standard InChI is InChI=1S/C12H10O4/c13-11(14)9-7-3-1-2-5(3)8(6(2)4(1)7)10(9)12(15)16/h1-8H,(H,13,14)(H,15,16)/t1?,2?,3-,4-,5+,6+,7?,8?. The molecular weight excluding hydrogens is 208 g/mol. The maximum atomic E-state index is 11.2. The molecule has 0 spiro atoms. The lowest BCUT2D eigenvalue weighted by Crippen LogP contribution is -2.90. The molecule has 0 amide bonds. The zero-order valence-electron chi connectivity index (χ0n) is 8.33. The second kappa shape index (κ2) is 1.83. The smallest absolute Gasteiger partial charge is 0.332 e. The van der Waals surface area contributed by atoms with Gasteiger partial charge in [0, 0.05) is 0 Å². The van der Waals surface area contributed by atoms with Crippen LogP contribution in [0.25, 0.3) is 0 Å². The van der Waals surface area contributed by atoms with Crippen molar-refractivity contribution in [3.8, 4) is 0 Å². The molecule has 0 heterocycles. The molecule has 0 aliphatic heterocycles. The number of aliphatic carboxylic acids is 2. The molecule has 6 rings (SSSR count). The first kappa shape index (κ1) is 7.87. The van der Waals surface area contributed by atoms with Crippen molar-refractivity contribution in [1.29, 1.82) is 0 Å². The molecule has 0 unspecified atom stereocenters. The molecule has 6 aliphatic rings. The fraction of sp³-hybridized carbons (Fsp3) is 0.667. The van der Waals surface area contributed by atoms with E-state index in [1.807, 2.05) is 0 Å². The summed E-state index contributed by atoms with van der Waals surface area (Å²) in [6.45, 7) is 0. The van der Waals surface area contributed by atoms with Crippen molar-refractivity contribution in [1.82, 2.24) is 0 Å². The van der Waals surface area contributed by atoms with Gasteiger partial charge in [0.15, 0.2) is 0 Å². The highest BCUT2D eigenvalue weighted by Gasteiger charge is 2.90. The summed E-state index contributed by atoms with van der Waals surface area (Å²) in [7, 11) is 0. The van der Waals surface area contributed by atoms with Crippen LogP contribution in [0.4, 0.5) is 0 Å². The molecule has 0 aromatic heterocycles. The van der Waals surface area contributed by atoms with Crippen molar-refractivity contribution in [3.63, 3.8) is 0 Å². The van der Waals surface area contributed by atoms with E-state index in [-0.39, 0.29) is 23.0 Å². The number of rotatable bonds is 2. The van der Waals surface area contributed by atoms with Gasteiger partial charge in [-0.3, -0.25) is 0 Å². The largest absolute Gasteiger partial charge is 0.478 e. The molecule has 4 atom stereocenters. The van der Waals surface area contributed by atoms with Crippen molar-refractivity contribution >= 4 is 11.9 Å². The molecule has 0 aromatic rings. The van der Waals surface area contributed by atoms with Gasteiger partial charge in [0.05, 0.1) is 11.1 Å². The molecule has 4 nitrogen and oxygen atoms in total. The molecule has 2 N–H and O–H groups in total. The second-order valence-corrected chi connectivity index (χ2v) is 5.95. The minimum atomic E-state index is -0.988. The quantitative estimate of drug-likeness (QED) is 0.705. The van der Waals surface area contributed by atoms with Crippen LogP contribution in [0.1, 0.15) is 0 Å². The molecule has 4 saturated carbocycles. The summed E-state index contributed by atoms with van der Waals surface area (Å²) in [4.78, 5) is 22.5. The van der Waals surface area contributed by atoms with Crippen LogP contribution >= 0.6 is 0 Å². The normalized spacial score (nSPS) is 61.2. The first-order valence-corrected chi connectivity index (χ1v) is 5.85. The molecule has 0 aromatic carbocycles. The Kier molecular flexibility index (Phi) is 0.900. The van der Waals surface area contributed by atoms with Gasteiger partial charge in [0.25, 0.3) is 0 Å². The van der Waals surface area contributed by atoms with E-state index in [0.29, 0.717) is 23.7 Å². The fourth-order valence-electron chi connectivity index (χ4n) is 6.06. The number of carboxylic acids is 2. The van der Waals surface area contributed by atoms with E-state index >= 15 is 0 Å². The van der Waals surface area contributed by atoms with E-state index in [0.717, 1.165) is 11.8 Å². The summed E-state index contributed by atoms with van der Waals surface area (Å²) in [6.07, 6.45) is 0. The Hall–Kier alpha value is -1.32. The monoisotopic (exact) mass is 218 g/mol. The van der Waals surface area contributed by atoms with Gasteiger partial charge in [-0.1, -0.05) is 0 Å². The first-order valence-electron chi connectivity index (χ1n) is 5.85. The Morgan fingerprint density at radius 2 is 1.00 bits per heavy atom. The zero-order valence-corrected chi connectivity index (χ0v) is 8.33. The number of carboxylic acid groups (broad SMARTS) is 2. The topological polar surface area (TPSA) is 74.6 Å². The molecule has 0 saturated heterocycles.